The van der Waals surface area contributed by atoms with Crippen LogP contribution >= 0.6 is 56.5 Å². The number of carbonyl (C=O) groups is 10. The molecule has 25 N–H and O–H groups in total. The van der Waals surface area contributed by atoms with E-state index in [2.05, 4.69) is 0 Å². The summed E-state index contributed by atoms with van der Waals surface area (Å²) in [6.07, 6.45) is -0.0187. The minimum atomic E-state index is -1.08. The van der Waals surface area contributed by atoms with E-state index in [1.807, 2.05) is 0 Å². The van der Waals surface area contributed by atoms with E-state index in [9.17, 15) is 47.9 Å². The van der Waals surface area contributed by atoms with E-state index in [4.69, 9.17) is 114 Å². The van der Waals surface area contributed by atoms with E-state index in [-0.39, 0.29) is 120 Å². The minimum Gasteiger partial charge on any atom is -0.693 e. The van der Waals surface area contributed by atoms with Crippen molar-refractivity contribution in [1.29, 1.82) is 0 Å². The van der Waals surface area contributed by atoms with Crippen LogP contribution in [-0.2, 0) is 97.4 Å². The van der Waals surface area contributed by atoms with Crippen molar-refractivity contribution in [2.45, 2.75) is 84.0 Å². The number of aliphatic carboxylic acids is 9. The molecule has 0 rings (SSSR count). The molecule has 0 aliphatic rings. The monoisotopic (exact) mass is 1570 g/mol. The third kappa shape index (κ3) is 267. The SMILES string of the molecule is CC(=O)CCCC(=O)O.NCCC(=O)O.NCCC(=O)O.O=C(O)CCC(=O)O.O=C(O)CCC(=O)O.O=C(O)CCCC(=O)O.[Cl][Pt+2][Cl].[Cl][Pt+2][Cl].[Cl][Pt+2][Cl].[NH2-].[NH2-].[NH2-].[NH2-].[NH2-].[NH2-]. The van der Waals surface area contributed by atoms with Crippen LogP contribution in [0.3, 0.4) is 0 Å². The first-order valence-corrected chi connectivity index (χ1v) is 30.5. The largest absolute Gasteiger partial charge is 0.693 e. The smallest absolute Gasteiger partial charge is 0.693 e. The molecule has 382 valence electrons. The maximum absolute atomic E-state index is 10.2. The van der Waals surface area contributed by atoms with Crippen molar-refractivity contribution in [2.24, 2.45) is 11.5 Å². The van der Waals surface area contributed by atoms with E-state index in [0.717, 1.165) is 0 Å². The second-order valence-corrected chi connectivity index (χ2v) is 18.0. The number of Topliss-reactive ketones (excluding diaryl/α,β-unsaturated/α-hetero) is 1. The Labute approximate surface area is 401 Å². The Hall–Kier alpha value is -1.62. The molecule has 0 aromatic rings. The molecule has 0 heterocycles. The summed E-state index contributed by atoms with van der Waals surface area (Å²) in [5.41, 5.74) is 9.70. The second kappa shape index (κ2) is 93.3. The molecule has 0 unspecified atom stereocenters. The van der Waals surface area contributed by atoms with E-state index in [1.165, 1.54) is 6.92 Å². The fourth-order valence-electron chi connectivity index (χ4n) is 1.55. The second-order valence-electron chi connectivity index (χ2n) is 8.17. The van der Waals surface area contributed by atoms with Gasteiger partial charge in [-0.1, -0.05) is 0 Å². The topological polar surface area (TPSA) is 606 Å². The molecule has 61 heavy (non-hydrogen) atoms. The maximum Gasteiger partial charge on any atom is -0.693 e. The molecule has 0 bridgehead atoms. The summed E-state index contributed by atoms with van der Waals surface area (Å²) in [6.45, 7) is 1.92. The van der Waals surface area contributed by atoms with Crippen LogP contribution in [-0.4, -0.2) is 119 Å². The van der Waals surface area contributed by atoms with E-state index < -0.39 is 103 Å². The van der Waals surface area contributed by atoms with Gasteiger partial charge < -0.3 is 99.1 Å². The number of hydrogen-bond acceptors (Lipinski definition) is 12. The summed E-state index contributed by atoms with van der Waals surface area (Å²) in [5.74, 6) is -8.66. The van der Waals surface area contributed by atoms with Crippen molar-refractivity contribution in [3.8, 4) is 0 Å². The molecule has 27 nitrogen and oxygen atoms in total. The first-order valence-electron chi connectivity index (χ1n) is 13.6. The first kappa shape index (κ1) is 103. The molecule has 0 saturated heterocycles. The Morgan fingerprint density at radius 3 is 0.541 bits per heavy atom. The zero-order chi connectivity index (χ0) is 45.8. The quantitative estimate of drug-likeness (QED) is 0.0614. The predicted molar refractivity (Wildman–Crippen MR) is 220 cm³/mol. The van der Waals surface area contributed by atoms with Gasteiger partial charge in [-0.2, -0.15) is 0 Å². The van der Waals surface area contributed by atoms with E-state index >= 15 is 0 Å². The van der Waals surface area contributed by atoms with Gasteiger partial charge in [0, 0.05) is 38.8 Å². The zero-order valence-corrected chi connectivity index (χ0v) is 43.2. The third-order valence-corrected chi connectivity index (χ3v) is 3.52. The fourth-order valence-corrected chi connectivity index (χ4v) is 1.55. The van der Waals surface area contributed by atoms with Crippen LogP contribution in [0.25, 0.3) is 36.9 Å². The molecule has 0 saturated carbocycles. The average Bonchev–Trinajstić information content (AvgIpc) is 3.01. The van der Waals surface area contributed by atoms with Crippen LogP contribution in [0.5, 0.6) is 0 Å². The number of carboxylic acids is 9. The van der Waals surface area contributed by atoms with Crippen LogP contribution in [0.1, 0.15) is 84.0 Å². The summed E-state index contributed by atoms with van der Waals surface area (Å²) in [5, 5.41) is 71.4. The molecule has 0 aromatic carbocycles. The molecule has 0 amide bonds. The number of nitrogens with two attached hydrogens (primary N) is 8. The van der Waals surface area contributed by atoms with Crippen molar-refractivity contribution >= 4 is 116 Å². The zero-order valence-electron chi connectivity index (χ0n) is 31.8. The van der Waals surface area contributed by atoms with E-state index in [0.29, 0.717) is 12.8 Å². The summed E-state index contributed by atoms with van der Waals surface area (Å²) < 4.78 is 0. The number of hydrogen-bond donors (Lipinski definition) is 11. The van der Waals surface area contributed by atoms with Crippen molar-refractivity contribution in [3.05, 3.63) is 36.9 Å². The Balaban J connectivity index is -0.0000000303. The van der Waals surface area contributed by atoms with Crippen molar-refractivity contribution in [2.75, 3.05) is 13.1 Å². The van der Waals surface area contributed by atoms with Gasteiger partial charge in [0.1, 0.15) is 5.78 Å². The Bertz CT molecular complexity index is 911. The van der Waals surface area contributed by atoms with Crippen LogP contribution in [0, 0.1) is 0 Å². The van der Waals surface area contributed by atoms with Gasteiger partial charge in [-0.05, 0) is 19.8 Å². The van der Waals surface area contributed by atoms with Gasteiger partial charge in [-0.3, -0.25) is 43.2 Å². The molecular formula is C25H56Cl6N8O19Pt3. The fraction of sp³-hybridized carbons (Fsp3) is 0.600. The number of rotatable bonds is 18. The third-order valence-electron chi connectivity index (χ3n) is 3.52. The molecule has 0 aromatic heterocycles. The van der Waals surface area contributed by atoms with Gasteiger partial charge in [-0.15, -0.1) is 0 Å². The molecular weight excluding hydrogens is 1510 g/mol. The molecule has 0 atom stereocenters. The van der Waals surface area contributed by atoms with Crippen molar-refractivity contribution in [3.63, 3.8) is 0 Å². The van der Waals surface area contributed by atoms with Gasteiger partial charge in [0.25, 0.3) is 0 Å². The number of ketones is 1. The normalized spacial score (nSPS) is 7.56. The standard InChI is InChI=1S/C6H10O3.C5H8O4.2C4H6O4.2C3H7NO2.6ClH.6H2N.3Pt/c1-5(7)3-2-4-6(8)9;6-4(7)2-1-3-5(8)9;2*5-3(6)1-2-4(7)8;2*4-2-1-3(5)6;;;;;;;;;;;;;;;/h2-4H2,1H3,(H,8,9);1-3H2,(H,6,7)(H,8,9);2*1-2H2,(H,5,6)(H,7,8);2*1-2,4H2,(H,5,6);6*1H;6*1H2;;;/q;;;;;;;;;;;;6*-1;3*+4/p-6. The van der Waals surface area contributed by atoms with Crippen LogP contribution < -0.4 is 11.5 Å². The Morgan fingerprint density at radius 1 is 0.328 bits per heavy atom. The van der Waals surface area contributed by atoms with E-state index in [1.54, 1.807) is 0 Å². The molecule has 0 aliphatic heterocycles. The summed E-state index contributed by atoms with van der Waals surface area (Å²) in [6, 6.07) is 0. The van der Waals surface area contributed by atoms with Gasteiger partial charge in [0.2, 0.25) is 0 Å². The van der Waals surface area contributed by atoms with Crippen LogP contribution in [0.2, 0.25) is 0 Å². The van der Waals surface area contributed by atoms with Crippen LogP contribution in [0.15, 0.2) is 0 Å². The van der Waals surface area contributed by atoms with Gasteiger partial charge in [-0.25, -0.2) is 0 Å². The molecule has 0 spiro atoms. The van der Waals surface area contributed by atoms with Crippen molar-refractivity contribution < 1.29 is 143 Å². The Morgan fingerprint density at radius 2 is 0.459 bits per heavy atom. The summed E-state index contributed by atoms with van der Waals surface area (Å²) in [7, 11) is 29.2. The predicted octanol–water partition coefficient (Wildman–Crippen LogP) is 8.30. The minimum absolute atomic E-state index is 0. The number of carbonyl (C=O) groups excluding carboxylic acids is 1. The summed E-state index contributed by atoms with van der Waals surface area (Å²) in [4.78, 5) is 97.3. The molecule has 0 aliphatic carbocycles. The molecule has 0 fully saturated rings. The first-order chi connectivity index (χ1) is 25.3. The molecule has 0 radical (unpaired) electrons. The maximum atomic E-state index is 10.2. The molecule has 36 heteroatoms. The van der Waals surface area contributed by atoms with Gasteiger partial charge >= 0.3 is 160 Å². The van der Waals surface area contributed by atoms with Gasteiger partial charge in [0.15, 0.2) is 0 Å². The van der Waals surface area contributed by atoms with Crippen molar-refractivity contribution in [1.82, 2.24) is 0 Å². The Kier molecular flexibility index (Phi) is 157. The summed E-state index contributed by atoms with van der Waals surface area (Å²) >= 11 is -1.42. The number of halogens is 6. The van der Waals surface area contributed by atoms with Gasteiger partial charge in [0.05, 0.1) is 38.5 Å². The van der Waals surface area contributed by atoms with Crippen LogP contribution in [0.4, 0.5) is 0 Å². The average molecular weight is 1570 g/mol. The number of carboxylic acid groups (broad SMARTS) is 9.